The zero-order valence-corrected chi connectivity index (χ0v) is 15.8. The number of aromatic nitrogens is 2. The largest absolute Gasteiger partial charge is 0.486 e. The van der Waals surface area contributed by atoms with Gasteiger partial charge in [0.05, 0.1) is 11.4 Å². The third-order valence-electron chi connectivity index (χ3n) is 5.10. The molecule has 134 valence electrons. The van der Waals surface area contributed by atoms with E-state index < -0.39 is 0 Å². The third kappa shape index (κ3) is 2.60. The molecule has 26 heavy (non-hydrogen) atoms. The molecule has 1 atom stereocenters. The van der Waals surface area contributed by atoms with Gasteiger partial charge in [0, 0.05) is 4.88 Å². The first-order valence-electron chi connectivity index (χ1n) is 9.14. The third-order valence-corrected chi connectivity index (χ3v) is 6.28. The van der Waals surface area contributed by atoms with Crippen LogP contribution >= 0.6 is 11.3 Å². The van der Waals surface area contributed by atoms with E-state index in [-0.39, 0.29) is 6.04 Å². The second kappa shape index (κ2) is 6.13. The van der Waals surface area contributed by atoms with Gasteiger partial charge in [0.25, 0.3) is 0 Å². The monoisotopic (exact) mass is 367 g/mol. The number of hydrogen-bond acceptors (Lipinski definition) is 6. The molecule has 3 heterocycles. The van der Waals surface area contributed by atoms with E-state index in [0.717, 1.165) is 40.0 Å². The number of rotatable bonds is 3. The van der Waals surface area contributed by atoms with E-state index in [1.807, 2.05) is 24.3 Å². The molecular formula is C20H21N3O2S. The number of nitrogens with one attached hydrogen (secondary N) is 1. The molecule has 0 saturated heterocycles. The van der Waals surface area contributed by atoms with Crippen LogP contribution < -0.4 is 14.8 Å². The molecule has 0 amide bonds. The lowest BCUT2D eigenvalue weighted by atomic mass is 10.1. The topological polar surface area (TPSA) is 56.3 Å². The van der Waals surface area contributed by atoms with Crippen molar-refractivity contribution in [1.82, 2.24) is 9.97 Å². The molecule has 0 unspecified atom stereocenters. The first-order valence-corrected chi connectivity index (χ1v) is 9.95. The van der Waals surface area contributed by atoms with E-state index in [4.69, 9.17) is 14.5 Å². The molecule has 6 heteroatoms. The molecule has 2 aromatic heterocycles. The summed E-state index contributed by atoms with van der Waals surface area (Å²) in [5.74, 6) is 3.41. The number of ether oxygens (including phenoxy) is 2. The predicted octanol–water partition coefficient (Wildman–Crippen LogP) is 4.43. The average Bonchev–Trinajstić information content (AvgIpc) is 3.21. The van der Waals surface area contributed by atoms with Gasteiger partial charge in [0.15, 0.2) is 11.5 Å². The Morgan fingerprint density at radius 3 is 2.85 bits per heavy atom. The van der Waals surface area contributed by atoms with E-state index >= 15 is 0 Å². The van der Waals surface area contributed by atoms with Gasteiger partial charge in [-0.3, -0.25) is 0 Å². The smallest absolute Gasteiger partial charge is 0.161 e. The summed E-state index contributed by atoms with van der Waals surface area (Å²) in [6.07, 6.45) is 3.55. The van der Waals surface area contributed by atoms with Crippen LogP contribution in [0.4, 0.5) is 5.82 Å². The van der Waals surface area contributed by atoms with Crippen molar-refractivity contribution < 1.29 is 9.47 Å². The number of fused-ring (bicyclic) bond motifs is 4. The van der Waals surface area contributed by atoms with Crippen LogP contribution in [0.25, 0.3) is 10.2 Å². The number of aryl methyl sites for hydroxylation is 3. The highest BCUT2D eigenvalue weighted by Crippen LogP contribution is 2.40. The summed E-state index contributed by atoms with van der Waals surface area (Å²) >= 11 is 1.83. The van der Waals surface area contributed by atoms with E-state index in [1.165, 1.54) is 28.7 Å². The summed E-state index contributed by atoms with van der Waals surface area (Å²) in [4.78, 5) is 12.0. The van der Waals surface area contributed by atoms with Crippen molar-refractivity contribution in [3.63, 3.8) is 0 Å². The molecule has 5 nitrogen and oxygen atoms in total. The van der Waals surface area contributed by atoms with Crippen molar-refractivity contribution in [3.05, 3.63) is 40.0 Å². The predicted molar refractivity (Wildman–Crippen MR) is 104 cm³/mol. The maximum absolute atomic E-state index is 5.73. The molecule has 0 saturated carbocycles. The van der Waals surface area contributed by atoms with Crippen molar-refractivity contribution in [2.24, 2.45) is 0 Å². The van der Waals surface area contributed by atoms with Crippen LogP contribution in [-0.2, 0) is 12.8 Å². The number of benzene rings is 1. The first-order chi connectivity index (χ1) is 12.7. The standard InChI is InChI=1S/C20H21N3O2S/c1-11(13-6-7-15-16(10-13)25-9-8-24-15)21-19-18-14-4-3-5-17(14)26-20(18)23-12(2)22-19/h6-7,10-11H,3-5,8-9H2,1-2H3,(H,21,22,23)/t11-/m0/s1. The SMILES string of the molecule is Cc1nc(N[C@@H](C)c2ccc3c(c2)OCCO3)c2c3c(sc2n1)CCC3. The minimum absolute atomic E-state index is 0.111. The summed E-state index contributed by atoms with van der Waals surface area (Å²) < 4.78 is 11.4. The molecule has 0 radical (unpaired) electrons. The van der Waals surface area contributed by atoms with Gasteiger partial charge >= 0.3 is 0 Å². The zero-order valence-electron chi connectivity index (χ0n) is 15.0. The van der Waals surface area contributed by atoms with Crippen LogP contribution in [-0.4, -0.2) is 23.2 Å². The minimum Gasteiger partial charge on any atom is -0.486 e. The van der Waals surface area contributed by atoms with Crippen LogP contribution in [0.5, 0.6) is 11.5 Å². The lowest BCUT2D eigenvalue weighted by molar-refractivity contribution is 0.171. The number of hydrogen-bond donors (Lipinski definition) is 1. The Bertz CT molecular complexity index is 998. The number of nitrogens with zero attached hydrogens (tertiary/aromatic N) is 2. The second-order valence-corrected chi connectivity index (χ2v) is 8.01. The molecule has 3 aromatic rings. The highest BCUT2D eigenvalue weighted by atomic mass is 32.1. The van der Waals surface area contributed by atoms with Crippen LogP contribution in [0.1, 0.15) is 41.2 Å². The lowest BCUT2D eigenvalue weighted by Gasteiger charge is -2.21. The second-order valence-electron chi connectivity index (χ2n) is 6.93. The molecule has 2 aliphatic rings. The number of thiophene rings is 1. The van der Waals surface area contributed by atoms with Crippen molar-refractivity contribution in [3.8, 4) is 11.5 Å². The van der Waals surface area contributed by atoms with Crippen LogP contribution in [0.2, 0.25) is 0 Å². The molecular weight excluding hydrogens is 346 g/mol. The van der Waals surface area contributed by atoms with Gasteiger partial charge in [-0.15, -0.1) is 11.3 Å². The van der Waals surface area contributed by atoms with Gasteiger partial charge in [0.2, 0.25) is 0 Å². The Kier molecular flexibility index (Phi) is 3.74. The van der Waals surface area contributed by atoms with Gasteiger partial charge in [-0.2, -0.15) is 0 Å². The molecule has 1 aromatic carbocycles. The maximum atomic E-state index is 5.73. The zero-order chi connectivity index (χ0) is 17.7. The Labute approximate surface area is 156 Å². The van der Waals surface area contributed by atoms with Gasteiger partial charge < -0.3 is 14.8 Å². The van der Waals surface area contributed by atoms with Gasteiger partial charge in [-0.1, -0.05) is 6.07 Å². The van der Waals surface area contributed by atoms with Gasteiger partial charge in [0.1, 0.15) is 29.7 Å². The normalized spacial score (nSPS) is 16.5. The molecule has 1 aliphatic carbocycles. The fourth-order valence-corrected chi connectivity index (χ4v) is 5.13. The van der Waals surface area contributed by atoms with Crippen molar-refractivity contribution in [2.45, 2.75) is 39.2 Å². The Morgan fingerprint density at radius 2 is 1.96 bits per heavy atom. The van der Waals surface area contributed by atoms with Crippen molar-refractivity contribution in [1.29, 1.82) is 0 Å². The number of anilines is 1. The molecule has 0 fully saturated rings. The van der Waals surface area contributed by atoms with E-state index in [2.05, 4.69) is 29.4 Å². The Balaban J connectivity index is 1.51. The van der Waals surface area contributed by atoms with Crippen molar-refractivity contribution in [2.75, 3.05) is 18.5 Å². The first kappa shape index (κ1) is 15.9. The minimum atomic E-state index is 0.111. The van der Waals surface area contributed by atoms with Crippen LogP contribution in [0.15, 0.2) is 18.2 Å². The fraction of sp³-hybridized carbons (Fsp3) is 0.400. The van der Waals surface area contributed by atoms with Crippen LogP contribution in [0.3, 0.4) is 0 Å². The summed E-state index contributed by atoms with van der Waals surface area (Å²) in [5, 5.41) is 4.84. The van der Waals surface area contributed by atoms with Crippen LogP contribution in [0, 0.1) is 6.92 Å². The van der Waals surface area contributed by atoms with Gasteiger partial charge in [-0.05, 0) is 56.4 Å². The average molecular weight is 367 g/mol. The lowest BCUT2D eigenvalue weighted by Crippen LogP contribution is -2.16. The molecule has 0 spiro atoms. The van der Waals surface area contributed by atoms with E-state index in [0.29, 0.717) is 13.2 Å². The van der Waals surface area contributed by atoms with E-state index in [1.54, 1.807) is 0 Å². The maximum Gasteiger partial charge on any atom is 0.161 e. The Hall–Kier alpha value is -2.34. The fourth-order valence-electron chi connectivity index (χ4n) is 3.82. The quantitative estimate of drug-likeness (QED) is 0.742. The molecule has 0 bridgehead atoms. The van der Waals surface area contributed by atoms with E-state index in [9.17, 15) is 0 Å². The highest BCUT2D eigenvalue weighted by Gasteiger charge is 2.23. The summed E-state index contributed by atoms with van der Waals surface area (Å²) in [6.45, 7) is 5.33. The summed E-state index contributed by atoms with van der Waals surface area (Å²) in [5.41, 5.74) is 2.60. The molecule has 1 aliphatic heterocycles. The van der Waals surface area contributed by atoms with Crippen molar-refractivity contribution >= 4 is 27.4 Å². The molecule has 1 N–H and O–H groups in total. The molecule has 5 rings (SSSR count). The Morgan fingerprint density at radius 1 is 1.12 bits per heavy atom. The summed E-state index contributed by atoms with van der Waals surface area (Å²) in [7, 11) is 0. The highest BCUT2D eigenvalue weighted by molar-refractivity contribution is 7.19. The summed E-state index contributed by atoms with van der Waals surface area (Å²) in [6, 6.07) is 6.26. The van der Waals surface area contributed by atoms with Gasteiger partial charge in [-0.25, -0.2) is 9.97 Å².